The van der Waals surface area contributed by atoms with Gasteiger partial charge < -0.3 is 9.84 Å². The van der Waals surface area contributed by atoms with Crippen LogP contribution in [0.1, 0.15) is 45.1 Å². The molecule has 0 unspecified atom stereocenters. The minimum atomic E-state index is 0.341. The van der Waals surface area contributed by atoms with Crippen LogP contribution in [0, 0.1) is 0 Å². The van der Waals surface area contributed by atoms with Crippen LogP contribution in [0.2, 0.25) is 0 Å². The standard InChI is InChI=1S/C14H22O2/c1-3-5-6-7-11-16-14-10-8-9-13(15)12(14)4-2/h8-10,15H,3-7,11H2,1-2H3. The van der Waals surface area contributed by atoms with Gasteiger partial charge in [-0.25, -0.2) is 0 Å². The number of phenols is 1. The number of hydrogen-bond donors (Lipinski definition) is 1. The Kier molecular flexibility index (Phi) is 5.76. The second kappa shape index (κ2) is 7.15. The average Bonchev–Trinajstić information content (AvgIpc) is 2.29. The predicted octanol–water partition coefficient (Wildman–Crippen LogP) is 3.91. The first-order valence-electron chi connectivity index (χ1n) is 6.23. The van der Waals surface area contributed by atoms with Gasteiger partial charge in [-0.2, -0.15) is 0 Å². The van der Waals surface area contributed by atoms with E-state index in [0.717, 1.165) is 30.8 Å². The average molecular weight is 222 g/mol. The van der Waals surface area contributed by atoms with Crippen molar-refractivity contribution in [3.05, 3.63) is 23.8 Å². The molecule has 0 aliphatic heterocycles. The van der Waals surface area contributed by atoms with Crippen molar-refractivity contribution in [3.63, 3.8) is 0 Å². The fourth-order valence-corrected chi connectivity index (χ4v) is 1.76. The molecule has 0 saturated carbocycles. The van der Waals surface area contributed by atoms with E-state index < -0.39 is 0 Å². The van der Waals surface area contributed by atoms with Crippen molar-refractivity contribution < 1.29 is 9.84 Å². The number of rotatable bonds is 7. The molecule has 0 atom stereocenters. The van der Waals surface area contributed by atoms with Gasteiger partial charge in [0, 0.05) is 5.56 Å². The molecule has 2 nitrogen and oxygen atoms in total. The summed E-state index contributed by atoms with van der Waals surface area (Å²) in [5.41, 5.74) is 0.915. The van der Waals surface area contributed by atoms with Gasteiger partial charge in [-0.1, -0.05) is 39.2 Å². The summed E-state index contributed by atoms with van der Waals surface area (Å²) >= 11 is 0. The zero-order valence-corrected chi connectivity index (χ0v) is 10.3. The maximum atomic E-state index is 9.65. The molecule has 1 N–H and O–H groups in total. The van der Waals surface area contributed by atoms with E-state index in [0.29, 0.717) is 5.75 Å². The third kappa shape index (κ3) is 3.76. The Bertz CT molecular complexity index is 308. The van der Waals surface area contributed by atoms with Crippen LogP contribution in [0.5, 0.6) is 11.5 Å². The summed E-state index contributed by atoms with van der Waals surface area (Å²) in [6.07, 6.45) is 5.62. The van der Waals surface area contributed by atoms with Gasteiger partial charge in [-0.15, -0.1) is 0 Å². The summed E-state index contributed by atoms with van der Waals surface area (Å²) in [6, 6.07) is 5.47. The number of hydrogen-bond acceptors (Lipinski definition) is 2. The highest BCUT2D eigenvalue weighted by Gasteiger charge is 2.06. The Morgan fingerprint density at radius 1 is 1.12 bits per heavy atom. The summed E-state index contributed by atoms with van der Waals surface area (Å²) in [5.74, 6) is 1.17. The van der Waals surface area contributed by atoms with E-state index in [-0.39, 0.29) is 0 Å². The second-order valence-electron chi connectivity index (χ2n) is 4.02. The molecular formula is C14H22O2. The van der Waals surface area contributed by atoms with Gasteiger partial charge in [-0.3, -0.25) is 0 Å². The summed E-state index contributed by atoms with van der Waals surface area (Å²) < 4.78 is 5.70. The summed E-state index contributed by atoms with van der Waals surface area (Å²) in [6.45, 7) is 4.97. The minimum Gasteiger partial charge on any atom is -0.508 e. The number of phenolic OH excluding ortho intramolecular Hbond substituents is 1. The van der Waals surface area contributed by atoms with Gasteiger partial charge >= 0.3 is 0 Å². The lowest BCUT2D eigenvalue weighted by Gasteiger charge is -2.11. The first-order chi connectivity index (χ1) is 7.79. The van der Waals surface area contributed by atoms with E-state index in [9.17, 15) is 5.11 Å². The fourth-order valence-electron chi connectivity index (χ4n) is 1.76. The third-order valence-corrected chi connectivity index (χ3v) is 2.72. The van der Waals surface area contributed by atoms with Gasteiger partial charge in [-0.05, 0) is 25.0 Å². The summed E-state index contributed by atoms with van der Waals surface area (Å²) in [7, 11) is 0. The van der Waals surface area contributed by atoms with Crippen molar-refractivity contribution in [1.82, 2.24) is 0 Å². The van der Waals surface area contributed by atoms with Crippen molar-refractivity contribution in [2.45, 2.75) is 46.0 Å². The van der Waals surface area contributed by atoms with Crippen molar-refractivity contribution in [1.29, 1.82) is 0 Å². The van der Waals surface area contributed by atoms with Crippen molar-refractivity contribution in [3.8, 4) is 11.5 Å². The molecule has 0 fully saturated rings. The molecule has 0 saturated heterocycles. The Labute approximate surface area is 98.3 Å². The topological polar surface area (TPSA) is 29.5 Å². The second-order valence-corrected chi connectivity index (χ2v) is 4.02. The molecule has 16 heavy (non-hydrogen) atoms. The van der Waals surface area contributed by atoms with Gasteiger partial charge in [0.15, 0.2) is 0 Å². The molecule has 1 rings (SSSR count). The monoisotopic (exact) mass is 222 g/mol. The SMILES string of the molecule is CCCCCCOc1cccc(O)c1CC. The van der Waals surface area contributed by atoms with Crippen LogP contribution in [-0.2, 0) is 6.42 Å². The first kappa shape index (κ1) is 12.9. The number of unbranched alkanes of at least 4 members (excludes halogenated alkanes) is 3. The summed E-state index contributed by atoms with van der Waals surface area (Å²) in [4.78, 5) is 0. The maximum absolute atomic E-state index is 9.65. The highest BCUT2D eigenvalue weighted by molar-refractivity contribution is 5.43. The lowest BCUT2D eigenvalue weighted by molar-refractivity contribution is 0.300. The molecule has 1 aromatic carbocycles. The smallest absolute Gasteiger partial charge is 0.126 e. The zero-order valence-electron chi connectivity index (χ0n) is 10.3. The molecule has 0 aliphatic rings. The van der Waals surface area contributed by atoms with Crippen LogP contribution in [0.15, 0.2) is 18.2 Å². The van der Waals surface area contributed by atoms with E-state index in [2.05, 4.69) is 6.92 Å². The summed E-state index contributed by atoms with van der Waals surface area (Å²) in [5, 5.41) is 9.65. The van der Waals surface area contributed by atoms with Gasteiger partial charge in [0.1, 0.15) is 11.5 Å². The molecule has 0 amide bonds. The minimum absolute atomic E-state index is 0.341. The molecule has 0 spiro atoms. The molecule has 0 bridgehead atoms. The Balaban J connectivity index is 2.44. The highest BCUT2D eigenvalue weighted by Crippen LogP contribution is 2.27. The van der Waals surface area contributed by atoms with E-state index in [1.165, 1.54) is 19.3 Å². The van der Waals surface area contributed by atoms with Crippen molar-refractivity contribution >= 4 is 0 Å². The maximum Gasteiger partial charge on any atom is 0.126 e. The van der Waals surface area contributed by atoms with Crippen LogP contribution in [0.4, 0.5) is 0 Å². The van der Waals surface area contributed by atoms with Crippen LogP contribution in [0.25, 0.3) is 0 Å². The molecule has 0 aliphatic carbocycles. The first-order valence-corrected chi connectivity index (χ1v) is 6.23. The van der Waals surface area contributed by atoms with E-state index in [1.54, 1.807) is 6.07 Å². The largest absolute Gasteiger partial charge is 0.508 e. The Morgan fingerprint density at radius 3 is 2.62 bits per heavy atom. The molecule has 0 heterocycles. The van der Waals surface area contributed by atoms with Crippen LogP contribution in [0.3, 0.4) is 0 Å². The van der Waals surface area contributed by atoms with Crippen molar-refractivity contribution in [2.75, 3.05) is 6.61 Å². The highest BCUT2D eigenvalue weighted by atomic mass is 16.5. The van der Waals surface area contributed by atoms with E-state index in [1.807, 2.05) is 19.1 Å². The molecule has 2 heteroatoms. The van der Waals surface area contributed by atoms with Crippen LogP contribution in [-0.4, -0.2) is 11.7 Å². The Hall–Kier alpha value is -1.18. The van der Waals surface area contributed by atoms with E-state index >= 15 is 0 Å². The predicted molar refractivity (Wildman–Crippen MR) is 67.1 cm³/mol. The zero-order chi connectivity index (χ0) is 11.8. The van der Waals surface area contributed by atoms with Crippen LogP contribution < -0.4 is 4.74 Å². The molecule has 0 aromatic heterocycles. The number of aromatic hydroxyl groups is 1. The lowest BCUT2D eigenvalue weighted by atomic mass is 10.1. The van der Waals surface area contributed by atoms with Crippen LogP contribution >= 0.6 is 0 Å². The fraction of sp³-hybridized carbons (Fsp3) is 0.571. The third-order valence-electron chi connectivity index (χ3n) is 2.72. The lowest BCUT2D eigenvalue weighted by Crippen LogP contribution is -2.00. The van der Waals surface area contributed by atoms with Gasteiger partial charge in [0.05, 0.1) is 6.61 Å². The van der Waals surface area contributed by atoms with Gasteiger partial charge in [0.25, 0.3) is 0 Å². The quantitative estimate of drug-likeness (QED) is 0.709. The molecule has 90 valence electrons. The Morgan fingerprint density at radius 2 is 1.94 bits per heavy atom. The number of benzene rings is 1. The van der Waals surface area contributed by atoms with Crippen molar-refractivity contribution in [2.24, 2.45) is 0 Å². The molecule has 1 aromatic rings. The molecular weight excluding hydrogens is 200 g/mol. The normalized spacial score (nSPS) is 10.4. The van der Waals surface area contributed by atoms with E-state index in [4.69, 9.17) is 4.74 Å². The van der Waals surface area contributed by atoms with Gasteiger partial charge in [0.2, 0.25) is 0 Å². The molecule has 0 radical (unpaired) electrons. The number of ether oxygens (including phenoxy) is 1.